The first-order valence-electron chi connectivity index (χ1n) is 5.55. The van der Waals surface area contributed by atoms with Crippen molar-refractivity contribution in [2.45, 2.75) is 19.9 Å². The van der Waals surface area contributed by atoms with E-state index in [1.165, 1.54) is 12.1 Å². The van der Waals surface area contributed by atoms with Crippen LogP contribution in [0.15, 0.2) is 18.2 Å². The first-order chi connectivity index (χ1) is 8.49. The number of nitrogens with one attached hydrogen (secondary N) is 1. The minimum Gasteiger partial charge on any atom is -0.394 e. The number of hydrogen-bond acceptors (Lipinski definition) is 5. The Hall–Kier alpha value is -2.13. The zero-order valence-corrected chi connectivity index (χ0v) is 10.3. The van der Waals surface area contributed by atoms with Crippen LogP contribution in [-0.2, 0) is 0 Å². The second-order valence-corrected chi connectivity index (χ2v) is 4.28. The molecule has 0 saturated heterocycles. The van der Waals surface area contributed by atoms with Crippen LogP contribution in [0, 0.1) is 27.4 Å². The Morgan fingerprint density at radius 3 is 2.67 bits per heavy atom. The standard InChI is InChI=1S/C12H15N3O3/c1-8(2)11(7-16)14-10-4-3-9(6-13)12(5-10)15(17)18/h3-5,8,11,14,16H,7H2,1-2H3. The summed E-state index contributed by atoms with van der Waals surface area (Å²) in [6, 6.07) is 5.89. The average Bonchev–Trinajstić information content (AvgIpc) is 2.35. The summed E-state index contributed by atoms with van der Waals surface area (Å²) in [6.45, 7) is 3.81. The average molecular weight is 249 g/mol. The monoisotopic (exact) mass is 249 g/mol. The van der Waals surface area contributed by atoms with Gasteiger partial charge in [-0.15, -0.1) is 0 Å². The molecule has 1 unspecified atom stereocenters. The molecule has 0 bridgehead atoms. The number of aliphatic hydroxyl groups is 1. The zero-order chi connectivity index (χ0) is 13.7. The third kappa shape index (κ3) is 3.18. The Labute approximate surface area is 105 Å². The van der Waals surface area contributed by atoms with Crippen LogP contribution in [0.3, 0.4) is 0 Å². The molecule has 2 N–H and O–H groups in total. The molecular formula is C12H15N3O3. The summed E-state index contributed by atoms with van der Waals surface area (Å²) in [7, 11) is 0. The molecule has 0 saturated carbocycles. The maximum Gasteiger partial charge on any atom is 0.289 e. The van der Waals surface area contributed by atoms with Crippen LogP contribution < -0.4 is 5.32 Å². The molecule has 18 heavy (non-hydrogen) atoms. The van der Waals surface area contributed by atoms with Crippen molar-refractivity contribution in [1.82, 2.24) is 0 Å². The number of rotatable bonds is 5. The van der Waals surface area contributed by atoms with E-state index < -0.39 is 4.92 Å². The molecule has 0 heterocycles. The molecular weight excluding hydrogens is 234 g/mol. The van der Waals surface area contributed by atoms with Crippen molar-refractivity contribution in [2.75, 3.05) is 11.9 Å². The Kier molecular flexibility index (Phi) is 4.63. The zero-order valence-electron chi connectivity index (χ0n) is 10.3. The largest absolute Gasteiger partial charge is 0.394 e. The molecule has 6 nitrogen and oxygen atoms in total. The van der Waals surface area contributed by atoms with E-state index in [0.717, 1.165) is 0 Å². The van der Waals surface area contributed by atoms with Crippen molar-refractivity contribution in [2.24, 2.45) is 5.92 Å². The molecule has 0 aromatic heterocycles. The van der Waals surface area contributed by atoms with Crippen molar-refractivity contribution in [3.8, 4) is 6.07 Å². The molecule has 0 fully saturated rings. The summed E-state index contributed by atoms with van der Waals surface area (Å²) in [5.41, 5.74) is 0.312. The number of benzene rings is 1. The molecule has 6 heteroatoms. The van der Waals surface area contributed by atoms with Crippen molar-refractivity contribution < 1.29 is 10.0 Å². The first-order valence-corrected chi connectivity index (χ1v) is 5.55. The van der Waals surface area contributed by atoms with E-state index in [2.05, 4.69) is 5.32 Å². The van der Waals surface area contributed by atoms with E-state index >= 15 is 0 Å². The van der Waals surface area contributed by atoms with Crippen molar-refractivity contribution in [3.63, 3.8) is 0 Å². The Bertz CT molecular complexity index is 480. The number of nitro groups is 1. The van der Waals surface area contributed by atoms with Crippen LogP contribution in [0.4, 0.5) is 11.4 Å². The molecule has 0 radical (unpaired) electrons. The fourth-order valence-electron chi connectivity index (χ4n) is 1.50. The summed E-state index contributed by atoms with van der Waals surface area (Å²) in [5.74, 6) is 0.185. The SMILES string of the molecule is CC(C)C(CO)Nc1ccc(C#N)c([N+](=O)[O-])c1. The fourth-order valence-corrected chi connectivity index (χ4v) is 1.50. The van der Waals surface area contributed by atoms with Crippen molar-refractivity contribution >= 4 is 11.4 Å². The third-order valence-corrected chi connectivity index (χ3v) is 2.67. The van der Waals surface area contributed by atoms with Crippen LogP contribution in [0.5, 0.6) is 0 Å². The Morgan fingerprint density at radius 1 is 1.56 bits per heavy atom. The predicted octanol–water partition coefficient (Wildman–Crippen LogP) is 1.90. The summed E-state index contributed by atoms with van der Waals surface area (Å²) >= 11 is 0. The highest BCUT2D eigenvalue weighted by atomic mass is 16.6. The first kappa shape index (κ1) is 13.9. The number of nitro benzene ring substituents is 1. The van der Waals surface area contributed by atoms with Gasteiger partial charge >= 0.3 is 0 Å². The van der Waals surface area contributed by atoms with Gasteiger partial charge in [-0.25, -0.2) is 0 Å². The lowest BCUT2D eigenvalue weighted by Gasteiger charge is -2.21. The van der Waals surface area contributed by atoms with E-state index in [9.17, 15) is 15.2 Å². The quantitative estimate of drug-likeness (QED) is 0.613. The van der Waals surface area contributed by atoms with Gasteiger partial charge < -0.3 is 10.4 Å². The topological polar surface area (TPSA) is 99.2 Å². The number of aliphatic hydroxyl groups excluding tert-OH is 1. The molecule has 96 valence electrons. The highest BCUT2D eigenvalue weighted by Gasteiger charge is 2.17. The molecule has 0 aliphatic heterocycles. The van der Waals surface area contributed by atoms with Crippen molar-refractivity contribution in [1.29, 1.82) is 5.26 Å². The van der Waals surface area contributed by atoms with E-state index in [4.69, 9.17) is 5.26 Å². The van der Waals surface area contributed by atoms with Gasteiger partial charge in [0, 0.05) is 11.8 Å². The smallest absolute Gasteiger partial charge is 0.289 e. The van der Waals surface area contributed by atoms with Gasteiger partial charge in [-0.3, -0.25) is 10.1 Å². The second kappa shape index (κ2) is 5.98. The number of hydrogen-bond donors (Lipinski definition) is 2. The molecule has 1 rings (SSSR count). The molecule has 0 spiro atoms. The second-order valence-electron chi connectivity index (χ2n) is 4.28. The summed E-state index contributed by atoms with van der Waals surface area (Å²) in [5, 5.41) is 31.8. The normalized spacial score (nSPS) is 11.9. The molecule has 0 aliphatic rings. The van der Waals surface area contributed by atoms with E-state index in [0.29, 0.717) is 5.69 Å². The minimum absolute atomic E-state index is 0.0237. The third-order valence-electron chi connectivity index (χ3n) is 2.67. The van der Waals surface area contributed by atoms with Crippen LogP contribution >= 0.6 is 0 Å². The number of nitrogens with zero attached hydrogens (tertiary/aromatic N) is 2. The lowest BCUT2D eigenvalue weighted by atomic mass is 10.0. The molecule has 1 atom stereocenters. The predicted molar refractivity (Wildman–Crippen MR) is 67.1 cm³/mol. The Morgan fingerprint density at radius 2 is 2.22 bits per heavy atom. The number of anilines is 1. The summed E-state index contributed by atoms with van der Waals surface area (Å²) < 4.78 is 0. The van der Waals surface area contributed by atoms with Crippen LogP contribution in [0.2, 0.25) is 0 Å². The van der Waals surface area contributed by atoms with Gasteiger partial charge in [-0.1, -0.05) is 13.8 Å². The van der Waals surface area contributed by atoms with Crippen molar-refractivity contribution in [3.05, 3.63) is 33.9 Å². The minimum atomic E-state index is -0.590. The molecule has 0 aliphatic carbocycles. The highest BCUT2D eigenvalue weighted by molar-refractivity contribution is 5.59. The van der Waals surface area contributed by atoms with E-state index in [1.54, 1.807) is 12.1 Å². The molecule has 1 aromatic carbocycles. The van der Waals surface area contributed by atoms with Gasteiger partial charge in [-0.2, -0.15) is 5.26 Å². The van der Waals surface area contributed by atoms with Crippen LogP contribution in [0.25, 0.3) is 0 Å². The number of nitriles is 1. The lowest BCUT2D eigenvalue weighted by Crippen LogP contribution is -2.29. The van der Waals surface area contributed by atoms with E-state index in [1.807, 2.05) is 13.8 Å². The van der Waals surface area contributed by atoms with Crippen LogP contribution in [0.1, 0.15) is 19.4 Å². The van der Waals surface area contributed by atoms with Gasteiger partial charge in [0.05, 0.1) is 17.6 Å². The van der Waals surface area contributed by atoms with Crippen LogP contribution in [-0.4, -0.2) is 22.7 Å². The molecule has 0 amide bonds. The molecule has 1 aromatic rings. The maximum atomic E-state index is 10.8. The van der Waals surface area contributed by atoms with Gasteiger partial charge in [0.25, 0.3) is 5.69 Å². The highest BCUT2D eigenvalue weighted by Crippen LogP contribution is 2.23. The van der Waals surface area contributed by atoms with Gasteiger partial charge in [0.1, 0.15) is 11.6 Å². The van der Waals surface area contributed by atoms with Gasteiger partial charge in [0.2, 0.25) is 0 Å². The van der Waals surface area contributed by atoms with Gasteiger partial charge in [-0.05, 0) is 18.1 Å². The van der Waals surface area contributed by atoms with E-state index in [-0.39, 0.29) is 29.8 Å². The van der Waals surface area contributed by atoms with Gasteiger partial charge in [0.15, 0.2) is 0 Å². The summed E-state index contributed by atoms with van der Waals surface area (Å²) in [4.78, 5) is 10.2. The summed E-state index contributed by atoms with van der Waals surface area (Å²) in [6.07, 6.45) is 0. The Balaban J connectivity index is 3.02. The fraction of sp³-hybridized carbons (Fsp3) is 0.417. The lowest BCUT2D eigenvalue weighted by molar-refractivity contribution is -0.385. The maximum absolute atomic E-state index is 10.8.